The van der Waals surface area contributed by atoms with Crippen molar-refractivity contribution in [1.29, 1.82) is 0 Å². The number of nitrogens with one attached hydrogen (secondary N) is 1. The van der Waals surface area contributed by atoms with Crippen LogP contribution in [0.3, 0.4) is 0 Å². The van der Waals surface area contributed by atoms with Gasteiger partial charge in [-0.3, -0.25) is 9.59 Å². The predicted octanol–water partition coefficient (Wildman–Crippen LogP) is 4.44. The molecule has 0 bridgehead atoms. The van der Waals surface area contributed by atoms with Crippen LogP contribution in [0.5, 0.6) is 5.75 Å². The van der Waals surface area contributed by atoms with Crippen molar-refractivity contribution in [1.82, 2.24) is 14.8 Å². The lowest BCUT2D eigenvalue weighted by atomic mass is 9.93. The van der Waals surface area contributed by atoms with Gasteiger partial charge in [-0.1, -0.05) is 42.5 Å². The lowest BCUT2D eigenvalue weighted by Gasteiger charge is -2.44. The van der Waals surface area contributed by atoms with Crippen molar-refractivity contribution in [2.75, 3.05) is 7.11 Å². The molecule has 168 valence electrons. The van der Waals surface area contributed by atoms with Gasteiger partial charge in [0.15, 0.2) is 0 Å². The van der Waals surface area contributed by atoms with E-state index in [0.717, 1.165) is 27.1 Å². The number of carbonyl (C=O) groups is 2. The van der Waals surface area contributed by atoms with Crippen molar-refractivity contribution in [3.05, 3.63) is 88.9 Å². The first kappa shape index (κ1) is 21.3. The van der Waals surface area contributed by atoms with Gasteiger partial charge >= 0.3 is 0 Å². The molecular formula is C26H25N3O3S. The monoisotopic (exact) mass is 459 g/mol. The molecule has 2 aromatic heterocycles. The van der Waals surface area contributed by atoms with E-state index < -0.39 is 5.54 Å². The van der Waals surface area contributed by atoms with Crippen LogP contribution in [0.4, 0.5) is 0 Å². The minimum absolute atomic E-state index is 0.141. The molecule has 0 radical (unpaired) electrons. The smallest absolute Gasteiger partial charge is 0.271 e. The van der Waals surface area contributed by atoms with Crippen molar-refractivity contribution < 1.29 is 14.3 Å². The Hall–Kier alpha value is -3.58. The highest BCUT2D eigenvalue weighted by Gasteiger charge is 2.47. The van der Waals surface area contributed by atoms with Crippen LogP contribution in [-0.4, -0.2) is 33.9 Å². The molecule has 2 amide bonds. The molecule has 3 heterocycles. The van der Waals surface area contributed by atoms with Crippen LogP contribution in [0, 0.1) is 0 Å². The van der Waals surface area contributed by atoms with Crippen LogP contribution in [0.1, 0.15) is 28.5 Å². The zero-order valence-electron chi connectivity index (χ0n) is 18.6. The lowest BCUT2D eigenvalue weighted by Crippen LogP contribution is -2.63. The van der Waals surface area contributed by atoms with E-state index >= 15 is 0 Å². The number of ether oxygens (including phenoxy) is 1. The molecule has 1 N–H and O–H groups in total. The van der Waals surface area contributed by atoms with E-state index in [0.29, 0.717) is 25.3 Å². The van der Waals surface area contributed by atoms with E-state index in [9.17, 15) is 9.59 Å². The summed E-state index contributed by atoms with van der Waals surface area (Å²) in [5.74, 6) is 0.441. The number of amides is 2. The summed E-state index contributed by atoms with van der Waals surface area (Å²) in [6.07, 6.45) is 0. The second kappa shape index (κ2) is 8.41. The minimum Gasteiger partial charge on any atom is -0.497 e. The molecule has 6 nitrogen and oxygen atoms in total. The van der Waals surface area contributed by atoms with Gasteiger partial charge in [-0.25, -0.2) is 0 Å². The number of thiophene rings is 1. The molecule has 1 aliphatic heterocycles. The zero-order valence-corrected chi connectivity index (χ0v) is 19.4. The average molecular weight is 460 g/mol. The number of fused-ring (bicyclic) bond motifs is 3. The second-order valence-electron chi connectivity index (χ2n) is 8.48. The number of aromatic nitrogens is 1. The van der Waals surface area contributed by atoms with Gasteiger partial charge in [0.2, 0.25) is 5.91 Å². The molecule has 0 saturated carbocycles. The summed E-state index contributed by atoms with van der Waals surface area (Å²) in [6, 6.07) is 21.3. The number of hydrogen-bond acceptors (Lipinski definition) is 4. The molecule has 0 fully saturated rings. The fourth-order valence-electron chi connectivity index (χ4n) is 4.39. The van der Waals surface area contributed by atoms with Crippen molar-refractivity contribution >= 4 is 33.4 Å². The summed E-state index contributed by atoms with van der Waals surface area (Å²) in [6.45, 7) is 3.00. The van der Waals surface area contributed by atoms with Crippen LogP contribution in [0.25, 0.3) is 10.2 Å². The first-order valence-corrected chi connectivity index (χ1v) is 11.7. The summed E-state index contributed by atoms with van der Waals surface area (Å²) < 4.78 is 7.25. The standard InChI is InChI=1S/C26H25N3O3S/c1-26(25(31)27-15-18-6-4-3-5-7-18)17-28-22(14-20-12-13-33-24(20)28)23(30)29(26)16-19-8-10-21(32-2)11-9-19/h3-14H,15-17H2,1-2H3,(H,27,31). The van der Waals surface area contributed by atoms with Gasteiger partial charge in [0.1, 0.15) is 21.8 Å². The summed E-state index contributed by atoms with van der Waals surface area (Å²) in [7, 11) is 1.62. The Bertz CT molecular complexity index is 1310. The Morgan fingerprint density at radius 1 is 1.09 bits per heavy atom. The summed E-state index contributed by atoms with van der Waals surface area (Å²) >= 11 is 1.59. The maximum atomic E-state index is 13.7. The molecule has 0 saturated heterocycles. The van der Waals surface area contributed by atoms with Crippen LogP contribution in [0.15, 0.2) is 72.1 Å². The number of rotatable bonds is 6. The van der Waals surface area contributed by atoms with Gasteiger partial charge in [0, 0.05) is 18.5 Å². The highest BCUT2D eigenvalue weighted by molar-refractivity contribution is 7.16. The number of nitrogens with zero attached hydrogens (tertiary/aromatic N) is 2. The number of methoxy groups -OCH3 is 1. The molecule has 4 aromatic rings. The Balaban J connectivity index is 1.50. The maximum Gasteiger partial charge on any atom is 0.271 e. The molecule has 7 heteroatoms. The fraction of sp³-hybridized carbons (Fsp3) is 0.231. The molecule has 0 spiro atoms. The minimum atomic E-state index is -1.05. The van der Waals surface area contributed by atoms with E-state index in [1.807, 2.05) is 83.6 Å². The average Bonchev–Trinajstić information content (AvgIpc) is 3.44. The normalized spacial score (nSPS) is 17.8. The second-order valence-corrected chi connectivity index (χ2v) is 9.37. The Morgan fingerprint density at radius 3 is 2.58 bits per heavy atom. The van der Waals surface area contributed by atoms with Crippen molar-refractivity contribution in [2.45, 2.75) is 32.1 Å². The first-order chi connectivity index (χ1) is 16.0. The van der Waals surface area contributed by atoms with Crippen molar-refractivity contribution in [2.24, 2.45) is 0 Å². The molecule has 1 atom stereocenters. The molecular weight excluding hydrogens is 434 g/mol. The third kappa shape index (κ3) is 3.78. The van der Waals surface area contributed by atoms with E-state index in [2.05, 4.69) is 5.32 Å². The van der Waals surface area contributed by atoms with Gasteiger partial charge in [-0.05, 0) is 47.7 Å². The van der Waals surface area contributed by atoms with Gasteiger partial charge < -0.3 is 19.5 Å². The van der Waals surface area contributed by atoms with E-state index in [4.69, 9.17) is 4.74 Å². The van der Waals surface area contributed by atoms with Crippen LogP contribution >= 0.6 is 11.3 Å². The largest absolute Gasteiger partial charge is 0.497 e. The number of carbonyl (C=O) groups excluding carboxylic acids is 2. The maximum absolute atomic E-state index is 13.7. The topological polar surface area (TPSA) is 63.6 Å². The van der Waals surface area contributed by atoms with Crippen LogP contribution in [0.2, 0.25) is 0 Å². The van der Waals surface area contributed by atoms with Gasteiger partial charge in [-0.15, -0.1) is 11.3 Å². The molecule has 1 unspecified atom stereocenters. The SMILES string of the molecule is COc1ccc(CN2C(=O)c3cc4ccsc4n3CC2(C)C(=O)NCc2ccccc2)cc1. The van der Waals surface area contributed by atoms with Gasteiger partial charge in [0.05, 0.1) is 13.7 Å². The molecule has 5 rings (SSSR count). The number of benzene rings is 2. The van der Waals surface area contributed by atoms with Gasteiger partial charge in [-0.2, -0.15) is 0 Å². The molecule has 2 aromatic carbocycles. The first-order valence-electron chi connectivity index (χ1n) is 10.8. The molecule has 33 heavy (non-hydrogen) atoms. The van der Waals surface area contributed by atoms with Crippen LogP contribution in [-0.2, 0) is 24.4 Å². The quantitative estimate of drug-likeness (QED) is 0.464. The summed E-state index contributed by atoms with van der Waals surface area (Å²) in [5, 5.41) is 6.11. The summed E-state index contributed by atoms with van der Waals surface area (Å²) in [5.41, 5.74) is 1.53. The van der Waals surface area contributed by atoms with E-state index in [-0.39, 0.29) is 11.8 Å². The Labute approximate surface area is 196 Å². The fourth-order valence-corrected chi connectivity index (χ4v) is 5.28. The lowest BCUT2D eigenvalue weighted by molar-refractivity contribution is -0.133. The number of hydrogen-bond donors (Lipinski definition) is 1. The molecule has 0 aliphatic carbocycles. The Kier molecular flexibility index (Phi) is 5.42. The highest BCUT2D eigenvalue weighted by atomic mass is 32.1. The third-order valence-corrected chi connectivity index (χ3v) is 7.26. The zero-order chi connectivity index (χ0) is 23.0. The van der Waals surface area contributed by atoms with Crippen LogP contribution < -0.4 is 10.1 Å². The predicted molar refractivity (Wildman–Crippen MR) is 129 cm³/mol. The third-order valence-electron chi connectivity index (χ3n) is 6.31. The van der Waals surface area contributed by atoms with E-state index in [1.165, 1.54) is 0 Å². The molecule has 1 aliphatic rings. The Morgan fingerprint density at radius 2 is 1.85 bits per heavy atom. The highest BCUT2D eigenvalue weighted by Crippen LogP contribution is 2.35. The van der Waals surface area contributed by atoms with Crippen molar-refractivity contribution in [3.63, 3.8) is 0 Å². The van der Waals surface area contributed by atoms with Gasteiger partial charge in [0.25, 0.3) is 5.91 Å². The van der Waals surface area contributed by atoms with E-state index in [1.54, 1.807) is 23.3 Å². The summed E-state index contributed by atoms with van der Waals surface area (Å²) in [4.78, 5) is 30.0. The van der Waals surface area contributed by atoms with Crippen molar-refractivity contribution in [3.8, 4) is 5.75 Å².